The van der Waals surface area contributed by atoms with Crippen molar-refractivity contribution in [2.45, 2.75) is 116 Å². The fourth-order valence-electron chi connectivity index (χ4n) is 5.34. The van der Waals surface area contributed by atoms with Gasteiger partial charge in [0.2, 0.25) is 10.0 Å². The minimum absolute atomic E-state index is 0. The van der Waals surface area contributed by atoms with Crippen LogP contribution in [0.3, 0.4) is 0 Å². The molecule has 0 aliphatic carbocycles. The first-order valence-corrected chi connectivity index (χ1v) is 17.5. The van der Waals surface area contributed by atoms with Crippen molar-refractivity contribution in [3.63, 3.8) is 0 Å². The van der Waals surface area contributed by atoms with Gasteiger partial charge < -0.3 is 28.7 Å². The Kier molecular flexibility index (Phi) is 17.4. The van der Waals surface area contributed by atoms with Crippen molar-refractivity contribution in [2.24, 2.45) is 7.05 Å². The number of aromatic nitrogens is 1. The molecule has 0 spiro atoms. The summed E-state index contributed by atoms with van der Waals surface area (Å²) in [6, 6.07) is 17.0. The second-order valence-electron chi connectivity index (χ2n) is 11.7. The molecule has 1 aromatic heterocycles. The van der Waals surface area contributed by atoms with Crippen LogP contribution in [-0.2, 0) is 30.2 Å². The molecule has 5 nitrogen and oxygen atoms in total. The third-order valence-electron chi connectivity index (χ3n) is 8.02. The van der Waals surface area contributed by atoms with Gasteiger partial charge in [-0.2, -0.15) is 4.31 Å². The molecule has 1 heterocycles. The Labute approximate surface area is 279 Å². The molecule has 2 aromatic carbocycles. The second-order valence-corrected chi connectivity index (χ2v) is 13.7. The lowest BCUT2D eigenvalue weighted by atomic mass is 10.1. The number of rotatable bonds is 20. The van der Waals surface area contributed by atoms with E-state index in [9.17, 15) is 8.42 Å². The maximum atomic E-state index is 13.8. The molecule has 0 saturated heterocycles. The lowest BCUT2D eigenvalue weighted by Gasteiger charge is -2.24. The number of sulfonamides is 1. The summed E-state index contributed by atoms with van der Waals surface area (Å²) in [5.41, 5.74) is 3.93. The topological polar surface area (TPSA) is 50.5 Å². The molecule has 0 saturated carbocycles. The Morgan fingerprint density at radius 3 is 1.95 bits per heavy atom. The third-order valence-corrected chi connectivity index (χ3v) is 9.82. The molecular weight excluding hydrogens is 667 g/mol. The van der Waals surface area contributed by atoms with Crippen LogP contribution in [-0.4, -0.2) is 19.3 Å². The molecule has 0 aliphatic heterocycles. The van der Waals surface area contributed by atoms with Gasteiger partial charge in [-0.3, -0.25) is 0 Å². The number of nitrogens with zero attached hydrogens (tertiary/aromatic N) is 2. The van der Waals surface area contributed by atoms with Crippen LogP contribution in [0, 0.1) is 13.8 Å². The first kappa shape index (κ1) is 37.2. The zero-order chi connectivity index (χ0) is 30.2. The van der Waals surface area contributed by atoms with E-state index in [4.69, 9.17) is 4.74 Å². The summed E-state index contributed by atoms with van der Waals surface area (Å²) >= 11 is 0. The van der Waals surface area contributed by atoms with Crippen molar-refractivity contribution in [3.05, 3.63) is 89.2 Å². The fraction of sp³-hybridized carbons (Fsp3) is 0.528. The number of benzene rings is 2. The van der Waals surface area contributed by atoms with Gasteiger partial charge in [0, 0.05) is 24.7 Å². The predicted molar refractivity (Wildman–Crippen MR) is 173 cm³/mol. The maximum absolute atomic E-state index is 13.8. The van der Waals surface area contributed by atoms with Crippen molar-refractivity contribution in [1.29, 1.82) is 0 Å². The van der Waals surface area contributed by atoms with E-state index >= 15 is 0 Å². The summed E-state index contributed by atoms with van der Waals surface area (Å²) < 4.78 is 37.4. The second kappa shape index (κ2) is 20.1. The summed E-state index contributed by atoms with van der Waals surface area (Å²) in [4.78, 5) is 0.311. The van der Waals surface area contributed by atoms with Crippen LogP contribution in [0.5, 0.6) is 5.75 Å². The number of hydrogen-bond donors (Lipinski definition) is 0. The molecule has 0 radical (unpaired) electrons. The molecule has 7 heteroatoms. The molecule has 0 atom stereocenters. The van der Waals surface area contributed by atoms with E-state index in [1.54, 1.807) is 16.4 Å². The van der Waals surface area contributed by atoms with Crippen molar-refractivity contribution in [1.82, 2.24) is 4.31 Å². The van der Waals surface area contributed by atoms with Gasteiger partial charge in [-0.1, -0.05) is 107 Å². The molecule has 0 fully saturated rings. The fourth-order valence-corrected chi connectivity index (χ4v) is 6.74. The van der Waals surface area contributed by atoms with E-state index in [0.717, 1.165) is 34.4 Å². The van der Waals surface area contributed by atoms with Crippen LogP contribution in [0.1, 0.15) is 106 Å². The Balaban J connectivity index is 0.00000645. The third kappa shape index (κ3) is 12.9. The standard InChI is InChI=1S/C36H53N2O3S.HI/c1-5-6-7-8-9-10-11-12-13-14-15-16-27-41-36-21-17-20-34(32(36)3)30-38(29-33-19-18-26-37(4)28-33)42(39,40)35-24-22-31(2)23-25-35;/h17-26,28H,5-16,27,29-30H2,1-4H3;1H/q+1;/p-1. The average Bonchev–Trinajstić information content (AvgIpc) is 2.97. The van der Waals surface area contributed by atoms with E-state index in [1.807, 2.05) is 80.3 Å². The van der Waals surface area contributed by atoms with Crippen LogP contribution >= 0.6 is 0 Å². The molecule has 3 rings (SSSR count). The van der Waals surface area contributed by atoms with E-state index < -0.39 is 10.0 Å². The van der Waals surface area contributed by atoms with Gasteiger partial charge in [0.1, 0.15) is 12.8 Å². The van der Waals surface area contributed by atoms with Crippen LogP contribution in [0.25, 0.3) is 0 Å². The number of pyridine rings is 1. The lowest BCUT2D eigenvalue weighted by Crippen LogP contribution is -3.00. The molecule has 0 aliphatic rings. The Morgan fingerprint density at radius 2 is 1.35 bits per heavy atom. The van der Waals surface area contributed by atoms with Gasteiger partial charge in [0.15, 0.2) is 12.4 Å². The zero-order valence-corrected chi connectivity index (χ0v) is 29.8. The molecule has 238 valence electrons. The number of halogens is 1. The van der Waals surface area contributed by atoms with Gasteiger partial charge in [0.05, 0.1) is 11.5 Å². The van der Waals surface area contributed by atoms with E-state index in [2.05, 4.69) is 6.92 Å². The average molecular weight is 721 g/mol. The maximum Gasteiger partial charge on any atom is 0.243 e. The first-order valence-electron chi connectivity index (χ1n) is 16.0. The Hall–Kier alpha value is -1.97. The van der Waals surface area contributed by atoms with E-state index in [1.165, 1.54) is 70.6 Å². The lowest BCUT2D eigenvalue weighted by molar-refractivity contribution is -0.672. The van der Waals surface area contributed by atoms with Gasteiger partial charge in [0.25, 0.3) is 0 Å². The van der Waals surface area contributed by atoms with Crippen LogP contribution in [0.2, 0.25) is 0 Å². The Bertz CT molecular complexity index is 1310. The summed E-state index contributed by atoms with van der Waals surface area (Å²) in [5.74, 6) is 0.842. The van der Waals surface area contributed by atoms with Crippen LogP contribution in [0.15, 0.2) is 71.9 Å². The van der Waals surface area contributed by atoms with Crippen LogP contribution in [0.4, 0.5) is 0 Å². The summed E-state index contributed by atoms with van der Waals surface area (Å²) in [5, 5.41) is 0. The molecular formula is C36H53IN2O3S. The summed E-state index contributed by atoms with van der Waals surface area (Å²) in [6.07, 6.45) is 19.7. The van der Waals surface area contributed by atoms with Crippen molar-refractivity contribution < 1.29 is 41.7 Å². The van der Waals surface area contributed by atoms with Crippen molar-refractivity contribution in [3.8, 4) is 5.75 Å². The normalized spacial score (nSPS) is 11.5. The number of hydrogen-bond acceptors (Lipinski definition) is 3. The molecule has 3 aromatic rings. The quantitative estimate of drug-likeness (QED) is 0.0868. The van der Waals surface area contributed by atoms with Gasteiger partial charge in [-0.15, -0.1) is 0 Å². The van der Waals surface area contributed by atoms with Crippen molar-refractivity contribution >= 4 is 10.0 Å². The molecule has 0 unspecified atom stereocenters. The van der Waals surface area contributed by atoms with Crippen LogP contribution < -0.4 is 33.3 Å². The number of aryl methyl sites for hydroxylation is 2. The largest absolute Gasteiger partial charge is 1.00 e. The Morgan fingerprint density at radius 1 is 0.744 bits per heavy atom. The summed E-state index contributed by atoms with van der Waals surface area (Å²) in [6.45, 7) is 7.52. The highest BCUT2D eigenvalue weighted by molar-refractivity contribution is 7.89. The van der Waals surface area contributed by atoms with Crippen molar-refractivity contribution in [2.75, 3.05) is 6.61 Å². The van der Waals surface area contributed by atoms with E-state index in [0.29, 0.717) is 11.5 Å². The smallest absolute Gasteiger partial charge is 0.243 e. The zero-order valence-electron chi connectivity index (χ0n) is 26.9. The van der Waals surface area contributed by atoms with Gasteiger partial charge in [-0.05, 0) is 55.7 Å². The van der Waals surface area contributed by atoms with Gasteiger partial charge in [-0.25, -0.2) is 13.0 Å². The first-order chi connectivity index (χ1) is 20.3. The monoisotopic (exact) mass is 720 g/mol. The summed E-state index contributed by atoms with van der Waals surface area (Å²) in [7, 11) is -1.77. The highest BCUT2D eigenvalue weighted by atomic mass is 127. The van der Waals surface area contributed by atoms with E-state index in [-0.39, 0.29) is 37.1 Å². The number of unbranched alkanes of at least 4 members (excludes halogenated alkanes) is 11. The number of ether oxygens (including phenoxy) is 1. The minimum atomic E-state index is -3.71. The molecule has 0 N–H and O–H groups in total. The molecule has 0 bridgehead atoms. The minimum Gasteiger partial charge on any atom is -1.00 e. The molecule has 43 heavy (non-hydrogen) atoms. The highest BCUT2D eigenvalue weighted by Crippen LogP contribution is 2.27. The SMILES string of the molecule is CCCCCCCCCCCCCCOc1cccc(CN(Cc2ccc[n+](C)c2)S(=O)(=O)c2ccc(C)cc2)c1C.[I-]. The van der Waals surface area contributed by atoms with Gasteiger partial charge >= 0.3 is 0 Å². The highest BCUT2D eigenvalue weighted by Gasteiger charge is 2.26. The predicted octanol–water partition coefficient (Wildman–Crippen LogP) is 5.60. The molecule has 0 amide bonds.